The number of benzene rings is 1. The molecule has 1 aromatic carbocycles. The molecule has 0 heterocycles. The Morgan fingerprint density at radius 1 is 1.22 bits per heavy atom. The molecule has 2 heteroatoms. The Balaban J connectivity index is 2.01. The fraction of sp³-hybridized carbons (Fsp3) is 0.625. The fourth-order valence-corrected chi connectivity index (χ4v) is 2.55. The van der Waals surface area contributed by atoms with Gasteiger partial charge in [-0.2, -0.15) is 0 Å². The van der Waals surface area contributed by atoms with Gasteiger partial charge in [-0.05, 0) is 56.9 Å². The first-order valence-corrected chi connectivity index (χ1v) is 7.30. The molecule has 1 fully saturated rings. The van der Waals surface area contributed by atoms with E-state index >= 15 is 0 Å². The molecule has 0 bridgehead atoms. The Kier molecular flexibility index (Phi) is 5.21. The number of hydrogen-bond donors (Lipinski definition) is 1. The van der Waals surface area contributed by atoms with Crippen molar-refractivity contribution in [2.24, 2.45) is 0 Å². The van der Waals surface area contributed by atoms with Crippen LogP contribution < -0.4 is 5.32 Å². The molecule has 1 aliphatic carbocycles. The third-order valence-electron chi connectivity index (χ3n) is 3.71. The minimum absolute atomic E-state index is 0.863. The van der Waals surface area contributed by atoms with Crippen LogP contribution in [-0.4, -0.2) is 31.1 Å². The number of likely N-dealkylation sites (N-methyl/N-ethyl adjacent to an activating group) is 1. The minimum Gasteiger partial charge on any atom is -0.319 e. The van der Waals surface area contributed by atoms with Crippen LogP contribution in [0.15, 0.2) is 24.3 Å². The normalized spacial score (nSPS) is 15.3. The van der Waals surface area contributed by atoms with Crippen molar-refractivity contribution < 1.29 is 0 Å². The second-order valence-corrected chi connectivity index (χ2v) is 5.32. The van der Waals surface area contributed by atoms with Crippen LogP contribution in [0.5, 0.6) is 0 Å². The van der Waals surface area contributed by atoms with E-state index in [0.29, 0.717) is 0 Å². The summed E-state index contributed by atoms with van der Waals surface area (Å²) in [6.07, 6.45) is 5.20. The molecule has 0 atom stereocenters. The molecular weight excluding hydrogens is 220 g/mol. The van der Waals surface area contributed by atoms with Gasteiger partial charge in [0.2, 0.25) is 0 Å². The standard InChI is InChI=1S/C16H26N2/c1-3-12-18(16-8-9-16)13-15-7-5-4-6-14(15)10-11-17-2/h4-7,16-17H,3,8-13H2,1-2H3. The Morgan fingerprint density at radius 3 is 2.56 bits per heavy atom. The predicted molar refractivity (Wildman–Crippen MR) is 77.8 cm³/mol. The van der Waals surface area contributed by atoms with Crippen molar-refractivity contribution in [1.29, 1.82) is 0 Å². The lowest BCUT2D eigenvalue weighted by molar-refractivity contribution is 0.254. The summed E-state index contributed by atoms with van der Waals surface area (Å²) in [5, 5.41) is 3.24. The van der Waals surface area contributed by atoms with Gasteiger partial charge in [0.25, 0.3) is 0 Å². The summed E-state index contributed by atoms with van der Waals surface area (Å²) in [5.41, 5.74) is 3.03. The van der Waals surface area contributed by atoms with Crippen molar-refractivity contribution in [1.82, 2.24) is 10.2 Å². The zero-order valence-corrected chi connectivity index (χ0v) is 11.8. The highest BCUT2D eigenvalue weighted by Crippen LogP contribution is 2.29. The minimum atomic E-state index is 0.863. The van der Waals surface area contributed by atoms with Gasteiger partial charge in [0.15, 0.2) is 0 Å². The molecule has 1 saturated carbocycles. The highest BCUT2D eigenvalue weighted by Gasteiger charge is 2.28. The summed E-state index contributed by atoms with van der Waals surface area (Å²) in [7, 11) is 2.02. The van der Waals surface area contributed by atoms with Gasteiger partial charge < -0.3 is 5.32 Å². The van der Waals surface area contributed by atoms with E-state index in [2.05, 4.69) is 41.4 Å². The summed E-state index contributed by atoms with van der Waals surface area (Å²) in [6.45, 7) is 5.72. The molecule has 1 aromatic rings. The summed E-state index contributed by atoms with van der Waals surface area (Å²) in [6, 6.07) is 9.78. The average molecular weight is 246 g/mol. The maximum atomic E-state index is 3.24. The molecule has 0 unspecified atom stereocenters. The van der Waals surface area contributed by atoms with E-state index in [1.54, 1.807) is 0 Å². The monoisotopic (exact) mass is 246 g/mol. The van der Waals surface area contributed by atoms with Gasteiger partial charge >= 0.3 is 0 Å². The van der Waals surface area contributed by atoms with Gasteiger partial charge in [-0.15, -0.1) is 0 Å². The summed E-state index contributed by atoms with van der Waals surface area (Å²) < 4.78 is 0. The van der Waals surface area contributed by atoms with E-state index in [4.69, 9.17) is 0 Å². The summed E-state index contributed by atoms with van der Waals surface area (Å²) in [5.74, 6) is 0. The van der Waals surface area contributed by atoms with Crippen LogP contribution in [-0.2, 0) is 13.0 Å². The van der Waals surface area contributed by atoms with Gasteiger partial charge in [0.05, 0.1) is 0 Å². The Labute approximate surface area is 111 Å². The molecule has 0 saturated heterocycles. The summed E-state index contributed by atoms with van der Waals surface area (Å²) >= 11 is 0. The van der Waals surface area contributed by atoms with Gasteiger partial charge in [0.1, 0.15) is 0 Å². The first-order valence-electron chi connectivity index (χ1n) is 7.30. The van der Waals surface area contributed by atoms with Gasteiger partial charge in [0, 0.05) is 12.6 Å². The van der Waals surface area contributed by atoms with E-state index in [-0.39, 0.29) is 0 Å². The summed E-state index contributed by atoms with van der Waals surface area (Å²) in [4.78, 5) is 2.66. The van der Waals surface area contributed by atoms with Gasteiger partial charge in [-0.25, -0.2) is 0 Å². The molecule has 0 aromatic heterocycles. The molecular formula is C16H26N2. The topological polar surface area (TPSA) is 15.3 Å². The molecule has 2 nitrogen and oxygen atoms in total. The van der Waals surface area contributed by atoms with Crippen LogP contribution in [0, 0.1) is 0 Å². The van der Waals surface area contributed by atoms with Crippen molar-refractivity contribution in [2.75, 3.05) is 20.1 Å². The third kappa shape index (κ3) is 3.82. The molecule has 100 valence electrons. The SMILES string of the molecule is CCCN(Cc1ccccc1CCNC)C1CC1. The smallest absolute Gasteiger partial charge is 0.0239 e. The molecule has 0 spiro atoms. The lowest BCUT2D eigenvalue weighted by Gasteiger charge is -2.22. The molecule has 18 heavy (non-hydrogen) atoms. The molecule has 2 rings (SSSR count). The first kappa shape index (κ1) is 13.6. The van der Waals surface area contributed by atoms with Crippen LogP contribution >= 0.6 is 0 Å². The molecule has 0 radical (unpaired) electrons. The second kappa shape index (κ2) is 6.91. The maximum Gasteiger partial charge on any atom is 0.0239 e. The molecule has 1 N–H and O–H groups in total. The quantitative estimate of drug-likeness (QED) is 0.759. The van der Waals surface area contributed by atoms with Crippen molar-refractivity contribution >= 4 is 0 Å². The molecule has 1 aliphatic rings. The van der Waals surface area contributed by atoms with Crippen LogP contribution in [0.2, 0.25) is 0 Å². The van der Waals surface area contributed by atoms with E-state index in [9.17, 15) is 0 Å². The largest absolute Gasteiger partial charge is 0.319 e. The number of nitrogens with one attached hydrogen (secondary N) is 1. The van der Waals surface area contributed by atoms with Crippen molar-refractivity contribution in [3.8, 4) is 0 Å². The van der Waals surface area contributed by atoms with Gasteiger partial charge in [-0.3, -0.25) is 4.90 Å². The highest BCUT2D eigenvalue weighted by molar-refractivity contribution is 5.27. The van der Waals surface area contributed by atoms with E-state index < -0.39 is 0 Å². The zero-order chi connectivity index (χ0) is 12.8. The maximum absolute atomic E-state index is 3.24. The number of nitrogens with zero attached hydrogens (tertiary/aromatic N) is 1. The average Bonchev–Trinajstić information content (AvgIpc) is 3.21. The van der Waals surface area contributed by atoms with E-state index in [0.717, 1.165) is 25.6 Å². The number of hydrogen-bond acceptors (Lipinski definition) is 2. The molecule has 0 amide bonds. The highest BCUT2D eigenvalue weighted by atomic mass is 15.2. The molecule has 0 aliphatic heterocycles. The fourth-order valence-electron chi connectivity index (χ4n) is 2.55. The Hall–Kier alpha value is -0.860. The third-order valence-corrected chi connectivity index (χ3v) is 3.71. The van der Waals surface area contributed by atoms with Crippen LogP contribution in [0.1, 0.15) is 37.3 Å². The lowest BCUT2D eigenvalue weighted by Crippen LogP contribution is -2.27. The van der Waals surface area contributed by atoms with Crippen LogP contribution in [0.4, 0.5) is 0 Å². The van der Waals surface area contributed by atoms with Crippen LogP contribution in [0.3, 0.4) is 0 Å². The van der Waals surface area contributed by atoms with E-state index in [1.807, 2.05) is 7.05 Å². The van der Waals surface area contributed by atoms with Crippen molar-refractivity contribution in [3.05, 3.63) is 35.4 Å². The Bertz CT molecular complexity index is 358. The van der Waals surface area contributed by atoms with Gasteiger partial charge in [-0.1, -0.05) is 31.2 Å². The van der Waals surface area contributed by atoms with Crippen molar-refractivity contribution in [3.63, 3.8) is 0 Å². The first-order chi connectivity index (χ1) is 8.85. The van der Waals surface area contributed by atoms with E-state index in [1.165, 1.54) is 36.9 Å². The predicted octanol–water partition coefficient (Wildman–Crippen LogP) is 2.82. The lowest BCUT2D eigenvalue weighted by atomic mass is 10.0. The number of rotatable bonds is 8. The Morgan fingerprint density at radius 2 is 1.94 bits per heavy atom. The zero-order valence-electron chi connectivity index (χ0n) is 11.8. The van der Waals surface area contributed by atoms with Crippen LogP contribution in [0.25, 0.3) is 0 Å². The van der Waals surface area contributed by atoms with Crippen molar-refractivity contribution in [2.45, 2.75) is 45.2 Å². The second-order valence-electron chi connectivity index (χ2n) is 5.32.